The van der Waals surface area contributed by atoms with E-state index in [0.717, 1.165) is 17.7 Å². The van der Waals surface area contributed by atoms with E-state index in [-0.39, 0.29) is 12.1 Å². The molecule has 0 aromatic heterocycles. The van der Waals surface area contributed by atoms with Crippen LogP contribution in [0.4, 0.5) is 13.2 Å². The van der Waals surface area contributed by atoms with Crippen LogP contribution in [-0.4, -0.2) is 6.04 Å². The molecule has 2 aromatic carbocycles. The average Bonchev–Trinajstić information content (AvgIpc) is 2.89. The zero-order valence-electron chi connectivity index (χ0n) is 12.0. The molecule has 22 heavy (non-hydrogen) atoms. The molecule has 1 N–H and O–H groups in total. The smallest absolute Gasteiger partial charge is 0.350 e. The minimum Gasteiger partial charge on any atom is -0.350 e. The highest BCUT2D eigenvalue weighted by Gasteiger charge is 2.34. The summed E-state index contributed by atoms with van der Waals surface area (Å²) in [6.07, 6.45) is -4.83. The molecule has 0 radical (unpaired) electrons. The monoisotopic (exact) mass is 307 g/mol. The van der Waals surface area contributed by atoms with Gasteiger partial charge in [0.2, 0.25) is 0 Å². The Kier molecular flexibility index (Phi) is 3.93. The van der Waals surface area contributed by atoms with E-state index in [1.54, 1.807) is 0 Å². The maximum atomic E-state index is 12.6. The van der Waals surface area contributed by atoms with Crippen molar-refractivity contribution in [2.45, 2.75) is 31.5 Å². The van der Waals surface area contributed by atoms with Crippen LogP contribution in [0.5, 0.6) is 0 Å². The highest BCUT2D eigenvalue weighted by molar-refractivity contribution is 5.27. The van der Waals surface area contributed by atoms with E-state index in [1.165, 1.54) is 12.1 Å². The maximum Gasteiger partial charge on any atom is 0.416 e. The normalized spacial score (nSPS) is 25.4. The van der Waals surface area contributed by atoms with Crippen LogP contribution in [0.3, 0.4) is 0 Å². The van der Waals surface area contributed by atoms with Crippen LogP contribution in [-0.2, 0) is 10.9 Å². The summed E-state index contributed by atoms with van der Waals surface area (Å²) >= 11 is 0. The van der Waals surface area contributed by atoms with Crippen molar-refractivity contribution in [1.29, 1.82) is 0 Å². The summed E-state index contributed by atoms with van der Waals surface area (Å²) in [5.74, 6) is 0. The molecule has 0 saturated carbocycles. The van der Waals surface area contributed by atoms with Crippen molar-refractivity contribution in [1.82, 2.24) is 5.32 Å². The molecule has 5 heteroatoms. The molecule has 3 rings (SSSR count). The quantitative estimate of drug-likeness (QED) is 0.885. The van der Waals surface area contributed by atoms with Crippen molar-refractivity contribution in [3.8, 4) is 0 Å². The average molecular weight is 307 g/mol. The van der Waals surface area contributed by atoms with E-state index in [0.29, 0.717) is 5.56 Å². The fourth-order valence-corrected chi connectivity index (χ4v) is 2.66. The summed E-state index contributed by atoms with van der Waals surface area (Å²) in [4.78, 5) is 0. The molecule has 1 saturated heterocycles. The number of halogens is 3. The lowest BCUT2D eigenvalue weighted by molar-refractivity contribution is -0.137. The van der Waals surface area contributed by atoms with Crippen molar-refractivity contribution < 1.29 is 17.9 Å². The zero-order valence-corrected chi connectivity index (χ0v) is 12.0. The molecule has 0 bridgehead atoms. The van der Waals surface area contributed by atoms with Gasteiger partial charge >= 0.3 is 6.18 Å². The van der Waals surface area contributed by atoms with Gasteiger partial charge in [-0.05, 0) is 30.2 Å². The van der Waals surface area contributed by atoms with E-state index < -0.39 is 18.0 Å². The minimum absolute atomic E-state index is 0.0784. The number of hydrogen-bond donors (Lipinski definition) is 1. The second-order valence-electron chi connectivity index (χ2n) is 5.42. The Labute approximate surface area is 126 Å². The first-order valence-corrected chi connectivity index (χ1v) is 7.09. The third kappa shape index (κ3) is 3.00. The SMILES string of the molecule is C[C@H]1N[C@H](c2ccc(C(F)(F)F)cc2)O[C@@H]1c1ccccc1. The van der Waals surface area contributed by atoms with Crippen molar-refractivity contribution >= 4 is 0 Å². The van der Waals surface area contributed by atoms with Crippen LogP contribution in [0.25, 0.3) is 0 Å². The van der Waals surface area contributed by atoms with Crippen molar-refractivity contribution in [2.24, 2.45) is 0 Å². The number of nitrogens with one attached hydrogen (secondary N) is 1. The molecule has 1 aliphatic rings. The zero-order chi connectivity index (χ0) is 15.7. The molecule has 1 heterocycles. The second kappa shape index (κ2) is 5.74. The van der Waals surface area contributed by atoms with Crippen LogP contribution < -0.4 is 5.32 Å². The molecule has 0 unspecified atom stereocenters. The Bertz CT molecular complexity index is 625. The minimum atomic E-state index is -4.32. The molecule has 2 aromatic rings. The van der Waals surface area contributed by atoms with Crippen LogP contribution >= 0.6 is 0 Å². The number of alkyl halides is 3. The predicted molar refractivity (Wildman–Crippen MR) is 77.1 cm³/mol. The summed E-state index contributed by atoms with van der Waals surface area (Å²) in [6, 6.07) is 14.9. The molecule has 3 atom stereocenters. The Balaban J connectivity index is 1.77. The van der Waals surface area contributed by atoms with Gasteiger partial charge in [-0.1, -0.05) is 42.5 Å². The lowest BCUT2D eigenvalue weighted by Gasteiger charge is -2.15. The van der Waals surface area contributed by atoms with Gasteiger partial charge in [-0.15, -0.1) is 0 Å². The lowest BCUT2D eigenvalue weighted by Crippen LogP contribution is -2.23. The van der Waals surface area contributed by atoms with E-state index in [1.807, 2.05) is 37.3 Å². The molecule has 0 aliphatic carbocycles. The van der Waals surface area contributed by atoms with Gasteiger partial charge in [-0.25, -0.2) is 0 Å². The van der Waals surface area contributed by atoms with Gasteiger partial charge in [0, 0.05) is 6.04 Å². The van der Waals surface area contributed by atoms with Gasteiger partial charge in [-0.3, -0.25) is 5.32 Å². The Hall–Kier alpha value is -1.85. The van der Waals surface area contributed by atoms with E-state index in [4.69, 9.17) is 4.74 Å². The molecule has 1 aliphatic heterocycles. The molecule has 0 spiro atoms. The van der Waals surface area contributed by atoms with Crippen LogP contribution in [0.1, 0.15) is 35.9 Å². The fourth-order valence-electron chi connectivity index (χ4n) is 2.66. The number of hydrogen-bond acceptors (Lipinski definition) is 2. The first-order valence-electron chi connectivity index (χ1n) is 7.09. The molecule has 1 fully saturated rings. The van der Waals surface area contributed by atoms with E-state index in [9.17, 15) is 13.2 Å². The molecular weight excluding hydrogens is 291 g/mol. The van der Waals surface area contributed by atoms with Crippen LogP contribution in [0.2, 0.25) is 0 Å². The third-order valence-corrected chi connectivity index (χ3v) is 3.82. The molecular formula is C17H16F3NO. The first-order chi connectivity index (χ1) is 10.4. The van der Waals surface area contributed by atoms with Gasteiger partial charge in [-0.2, -0.15) is 13.2 Å². The van der Waals surface area contributed by atoms with Crippen molar-refractivity contribution in [2.75, 3.05) is 0 Å². The highest BCUT2D eigenvalue weighted by atomic mass is 19.4. The number of benzene rings is 2. The molecule has 0 amide bonds. The van der Waals surface area contributed by atoms with Crippen LogP contribution in [0.15, 0.2) is 54.6 Å². The second-order valence-corrected chi connectivity index (χ2v) is 5.42. The summed E-state index contributed by atoms with van der Waals surface area (Å²) < 4.78 is 43.8. The van der Waals surface area contributed by atoms with Crippen molar-refractivity contribution in [3.05, 3.63) is 71.3 Å². The lowest BCUT2D eigenvalue weighted by atomic mass is 10.0. The number of ether oxygens (including phenoxy) is 1. The van der Waals surface area contributed by atoms with Gasteiger partial charge in [0.05, 0.1) is 5.56 Å². The van der Waals surface area contributed by atoms with Gasteiger partial charge in [0.1, 0.15) is 12.3 Å². The summed E-state index contributed by atoms with van der Waals surface area (Å²) in [5.41, 5.74) is 1.09. The van der Waals surface area contributed by atoms with E-state index in [2.05, 4.69) is 5.32 Å². The standard InChI is InChI=1S/C17H16F3NO/c1-11-15(12-5-3-2-4-6-12)22-16(21-11)13-7-9-14(10-8-13)17(18,19)20/h2-11,15-16,21H,1H3/t11-,15+,16+/m1/s1. The first kappa shape index (κ1) is 15.1. The Morgan fingerprint density at radius 3 is 2.14 bits per heavy atom. The summed E-state index contributed by atoms with van der Waals surface area (Å²) in [7, 11) is 0. The summed E-state index contributed by atoms with van der Waals surface area (Å²) in [5, 5.41) is 3.27. The highest BCUT2D eigenvalue weighted by Crippen LogP contribution is 2.36. The van der Waals surface area contributed by atoms with E-state index >= 15 is 0 Å². The fraction of sp³-hybridized carbons (Fsp3) is 0.294. The third-order valence-electron chi connectivity index (χ3n) is 3.82. The Morgan fingerprint density at radius 2 is 1.55 bits per heavy atom. The van der Waals surface area contributed by atoms with Gasteiger partial charge < -0.3 is 4.74 Å². The van der Waals surface area contributed by atoms with Gasteiger partial charge in [0.15, 0.2) is 0 Å². The van der Waals surface area contributed by atoms with Gasteiger partial charge in [0.25, 0.3) is 0 Å². The predicted octanol–water partition coefficient (Wildman–Crippen LogP) is 4.45. The summed E-state index contributed by atoms with van der Waals surface area (Å²) in [6.45, 7) is 2.00. The largest absolute Gasteiger partial charge is 0.416 e. The molecule has 2 nitrogen and oxygen atoms in total. The molecule has 116 valence electrons. The van der Waals surface area contributed by atoms with Crippen molar-refractivity contribution in [3.63, 3.8) is 0 Å². The van der Waals surface area contributed by atoms with Crippen LogP contribution in [0, 0.1) is 0 Å². The maximum absolute atomic E-state index is 12.6. The topological polar surface area (TPSA) is 21.3 Å². The number of rotatable bonds is 2. The Morgan fingerprint density at radius 1 is 0.909 bits per heavy atom.